The molecule has 1 atom stereocenters. The molecule has 0 aliphatic rings. The van der Waals surface area contributed by atoms with E-state index in [4.69, 9.17) is 4.74 Å². The lowest BCUT2D eigenvalue weighted by Crippen LogP contribution is -2.49. The van der Waals surface area contributed by atoms with Crippen LogP contribution in [-0.2, 0) is 15.0 Å². The van der Waals surface area contributed by atoms with Crippen LogP contribution in [0.15, 0.2) is 24.3 Å². The van der Waals surface area contributed by atoms with E-state index >= 15 is 0 Å². The number of carbonyl (C=O) groups excluding carboxylic acids is 2. The van der Waals surface area contributed by atoms with Gasteiger partial charge < -0.3 is 15.4 Å². The standard InChI is InChI=1S/C19H30N2O3/c1-13(2)17(21-14(3)22)18(23)20-11-12-24-16-9-7-15(8-10-16)19(4,5)6/h7-10,13,17H,11-12H2,1-6H3,(H,20,23)(H,21,22). The molecule has 5 nitrogen and oxygen atoms in total. The number of ether oxygens (including phenoxy) is 1. The third-order valence-corrected chi connectivity index (χ3v) is 3.70. The summed E-state index contributed by atoms with van der Waals surface area (Å²) in [5.74, 6) is 0.408. The van der Waals surface area contributed by atoms with Crippen LogP contribution >= 0.6 is 0 Å². The van der Waals surface area contributed by atoms with Crippen LogP contribution in [0.5, 0.6) is 5.75 Å². The SMILES string of the molecule is CC(=O)NC(C(=O)NCCOc1ccc(C(C)(C)C)cc1)C(C)C. The molecule has 1 aromatic rings. The predicted octanol–water partition coefficient (Wildman–Crippen LogP) is 2.64. The zero-order valence-corrected chi connectivity index (χ0v) is 15.6. The lowest BCUT2D eigenvalue weighted by atomic mass is 9.87. The number of hydrogen-bond donors (Lipinski definition) is 2. The molecule has 0 spiro atoms. The summed E-state index contributed by atoms with van der Waals surface area (Å²) in [6.45, 7) is 12.5. The second-order valence-corrected chi connectivity index (χ2v) is 7.34. The lowest BCUT2D eigenvalue weighted by molar-refractivity contribution is -0.129. The van der Waals surface area contributed by atoms with Crippen molar-refractivity contribution in [2.45, 2.75) is 53.0 Å². The third-order valence-electron chi connectivity index (χ3n) is 3.70. The van der Waals surface area contributed by atoms with Crippen LogP contribution in [0.4, 0.5) is 0 Å². The van der Waals surface area contributed by atoms with Crippen molar-refractivity contribution in [3.63, 3.8) is 0 Å². The molecule has 0 saturated heterocycles. The molecule has 2 N–H and O–H groups in total. The summed E-state index contributed by atoms with van der Waals surface area (Å²) >= 11 is 0. The largest absolute Gasteiger partial charge is 0.492 e. The molecular formula is C19H30N2O3. The summed E-state index contributed by atoms with van der Waals surface area (Å²) in [6, 6.07) is 7.47. The molecule has 0 radical (unpaired) electrons. The number of hydrogen-bond acceptors (Lipinski definition) is 3. The molecule has 134 valence electrons. The molecule has 0 bridgehead atoms. The van der Waals surface area contributed by atoms with Crippen molar-refractivity contribution < 1.29 is 14.3 Å². The van der Waals surface area contributed by atoms with E-state index in [0.717, 1.165) is 5.75 Å². The summed E-state index contributed by atoms with van der Waals surface area (Å²) < 4.78 is 5.64. The Morgan fingerprint density at radius 3 is 2.17 bits per heavy atom. The van der Waals surface area contributed by atoms with Crippen molar-refractivity contribution in [1.29, 1.82) is 0 Å². The van der Waals surface area contributed by atoms with Crippen LogP contribution in [0.3, 0.4) is 0 Å². The minimum absolute atomic E-state index is 0.0276. The first-order valence-corrected chi connectivity index (χ1v) is 8.39. The van der Waals surface area contributed by atoms with Crippen molar-refractivity contribution in [3.8, 4) is 5.75 Å². The number of benzene rings is 1. The first-order valence-electron chi connectivity index (χ1n) is 8.39. The van der Waals surface area contributed by atoms with E-state index in [1.54, 1.807) is 0 Å². The van der Waals surface area contributed by atoms with E-state index < -0.39 is 6.04 Å². The van der Waals surface area contributed by atoms with Crippen LogP contribution in [-0.4, -0.2) is 31.0 Å². The summed E-state index contributed by atoms with van der Waals surface area (Å²) in [5.41, 5.74) is 1.36. The summed E-state index contributed by atoms with van der Waals surface area (Å²) in [4.78, 5) is 23.3. The summed E-state index contributed by atoms with van der Waals surface area (Å²) in [6.07, 6.45) is 0. The maximum Gasteiger partial charge on any atom is 0.242 e. The Bertz CT molecular complexity index is 545. The van der Waals surface area contributed by atoms with Gasteiger partial charge in [-0.15, -0.1) is 0 Å². The maximum atomic E-state index is 12.1. The monoisotopic (exact) mass is 334 g/mol. The molecule has 0 heterocycles. The molecule has 1 rings (SSSR count). The average molecular weight is 334 g/mol. The Morgan fingerprint density at radius 1 is 1.12 bits per heavy atom. The Hall–Kier alpha value is -2.04. The first kappa shape index (κ1) is 20.0. The van der Waals surface area contributed by atoms with Crippen molar-refractivity contribution in [1.82, 2.24) is 10.6 Å². The van der Waals surface area contributed by atoms with E-state index in [1.165, 1.54) is 12.5 Å². The molecule has 0 aliphatic carbocycles. The molecule has 0 aromatic heterocycles. The molecule has 1 aromatic carbocycles. The number of amides is 2. The van der Waals surface area contributed by atoms with Gasteiger partial charge in [0.15, 0.2) is 0 Å². The third kappa shape index (κ3) is 6.60. The van der Waals surface area contributed by atoms with Gasteiger partial charge in [-0.25, -0.2) is 0 Å². The van der Waals surface area contributed by atoms with Gasteiger partial charge in [-0.05, 0) is 29.0 Å². The van der Waals surface area contributed by atoms with Gasteiger partial charge in [0.25, 0.3) is 0 Å². The van der Waals surface area contributed by atoms with Gasteiger partial charge in [-0.3, -0.25) is 9.59 Å². The van der Waals surface area contributed by atoms with Crippen molar-refractivity contribution >= 4 is 11.8 Å². The van der Waals surface area contributed by atoms with Gasteiger partial charge in [0.05, 0.1) is 6.54 Å². The van der Waals surface area contributed by atoms with Gasteiger partial charge in [0.1, 0.15) is 18.4 Å². The highest BCUT2D eigenvalue weighted by atomic mass is 16.5. The number of rotatable bonds is 7. The van der Waals surface area contributed by atoms with Gasteiger partial charge in [0, 0.05) is 6.92 Å². The van der Waals surface area contributed by atoms with Gasteiger partial charge in [-0.2, -0.15) is 0 Å². The zero-order chi connectivity index (χ0) is 18.3. The quantitative estimate of drug-likeness (QED) is 0.753. The molecule has 24 heavy (non-hydrogen) atoms. The molecule has 0 fully saturated rings. The molecule has 1 unspecified atom stereocenters. The minimum Gasteiger partial charge on any atom is -0.492 e. The Kier molecular flexibility index (Phi) is 7.26. The van der Waals surface area contributed by atoms with Crippen LogP contribution in [0.25, 0.3) is 0 Å². The van der Waals surface area contributed by atoms with Crippen LogP contribution in [0.1, 0.15) is 47.1 Å². The maximum absolute atomic E-state index is 12.1. The van der Waals surface area contributed by atoms with Crippen molar-refractivity contribution in [2.24, 2.45) is 5.92 Å². The fourth-order valence-electron chi connectivity index (χ4n) is 2.26. The highest BCUT2D eigenvalue weighted by Crippen LogP contribution is 2.24. The highest BCUT2D eigenvalue weighted by molar-refractivity contribution is 5.86. The fraction of sp³-hybridized carbons (Fsp3) is 0.579. The van der Waals surface area contributed by atoms with Crippen LogP contribution < -0.4 is 15.4 Å². The Balaban J connectivity index is 2.42. The number of carbonyl (C=O) groups is 2. The average Bonchev–Trinajstić information content (AvgIpc) is 2.48. The topological polar surface area (TPSA) is 67.4 Å². The highest BCUT2D eigenvalue weighted by Gasteiger charge is 2.22. The molecule has 2 amide bonds. The van der Waals surface area contributed by atoms with Crippen molar-refractivity contribution in [2.75, 3.05) is 13.2 Å². The minimum atomic E-state index is -0.520. The normalized spacial score (nSPS) is 12.6. The second kappa shape index (κ2) is 8.71. The smallest absolute Gasteiger partial charge is 0.242 e. The van der Waals surface area contributed by atoms with E-state index in [2.05, 4.69) is 43.5 Å². The molecule has 5 heteroatoms. The van der Waals surface area contributed by atoms with E-state index in [9.17, 15) is 9.59 Å². The van der Waals surface area contributed by atoms with E-state index in [1.807, 2.05) is 26.0 Å². The van der Waals surface area contributed by atoms with E-state index in [0.29, 0.717) is 13.2 Å². The molecule has 0 aliphatic heterocycles. The van der Waals surface area contributed by atoms with E-state index in [-0.39, 0.29) is 23.1 Å². The van der Waals surface area contributed by atoms with Crippen LogP contribution in [0.2, 0.25) is 0 Å². The Labute approximate surface area is 145 Å². The van der Waals surface area contributed by atoms with Gasteiger partial charge in [0.2, 0.25) is 11.8 Å². The van der Waals surface area contributed by atoms with Gasteiger partial charge >= 0.3 is 0 Å². The van der Waals surface area contributed by atoms with Gasteiger partial charge in [-0.1, -0.05) is 46.8 Å². The number of nitrogens with one attached hydrogen (secondary N) is 2. The summed E-state index contributed by atoms with van der Waals surface area (Å²) in [5, 5.41) is 5.46. The first-order chi connectivity index (χ1) is 11.1. The predicted molar refractivity (Wildman–Crippen MR) is 96.1 cm³/mol. The van der Waals surface area contributed by atoms with Crippen molar-refractivity contribution in [3.05, 3.63) is 29.8 Å². The zero-order valence-electron chi connectivity index (χ0n) is 15.6. The molecular weight excluding hydrogens is 304 g/mol. The summed E-state index contributed by atoms with van der Waals surface area (Å²) in [7, 11) is 0. The van der Waals surface area contributed by atoms with Crippen LogP contribution in [0, 0.1) is 5.92 Å². The lowest BCUT2D eigenvalue weighted by Gasteiger charge is -2.21. The molecule has 0 saturated carbocycles. The fourth-order valence-corrected chi connectivity index (χ4v) is 2.26. The second-order valence-electron chi connectivity index (χ2n) is 7.34. The Morgan fingerprint density at radius 2 is 1.71 bits per heavy atom.